The van der Waals surface area contributed by atoms with E-state index in [1.54, 1.807) is 10.9 Å². The van der Waals surface area contributed by atoms with E-state index in [0.29, 0.717) is 28.3 Å². The molecule has 0 unspecified atom stereocenters. The Kier molecular flexibility index (Phi) is 4.03. The molecule has 0 spiro atoms. The first-order chi connectivity index (χ1) is 8.63. The molecule has 6 nitrogen and oxygen atoms in total. The van der Waals surface area contributed by atoms with Crippen LogP contribution in [0.5, 0.6) is 0 Å². The fraction of sp³-hybridized carbons (Fsp3) is 0.300. The third-order valence-corrected chi connectivity index (χ3v) is 3.35. The van der Waals surface area contributed by atoms with Gasteiger partial charge in [0.2, 0.25) is 0 Å². The predicted molar refractivity (Wildman–Crippen MR) is 70.4 cm³/mol. The maximum Gasteiger partial charge on any atom is 0.270 e. The van der Waals surface area contributed by atoms with E-state index in [0.717, 1.165) is 5.69 Å². The first-order valence-corrected chi connectivity index (χ1v) is 6.47. The molecule has 18 heavy (non-hydrogen) atoms. The van der Waals surface area contributed by atoms with E-state index in [1.807, 2.05) is 6.92 Å². The highest BCUT2D eigenvalue weighted by Gasteiger charge is 2.14. The highest BCUT2D eigenvalue weighted by Crippen LogP contribution is 2.16. The van der Waals surface area contributed by atoms with Gasteiger partial charge in [0.1, 0.15) is 5.69 Å². The van der Waals surface area contributed by atoms with Crippen LogP contribution in [0.15, 0.2) is 16.9 Å². The zero-order valence-corrected chi connectivity index (χ0v) is 11.9. The summed E-state index contributed by atoms with van der Waals surface area (Å²) >= 11 is 9.23. The Morgan fingerprint density at radius 1 is 1.61 bits per heavy atom. The lowest BCUT2D eigenvalue weighted by Crippen LogP contribution is -2.25. The lowest BCUT2D eigenvalue weighted by molar-refractivity contribution is 0.0944. The van der Waals surface area contributed by atoms with Crippen molar-refractivity contribution in [1.29, 1.82) is 0 Å². The van der Waals surface area contributed by atoms with Gasteiger partial charge in [-0.1, -0.05) is 11.6 Å². The molecule has 8 heteroatoms. The van der Waals surface area contributed by atoms with Crippen LogP contribution in [0, 0.1) is 0 Å². The van der Waals surface area contributed by atoms with Gasteiger partial charge in [-0.3, -0.25) is 14.6 Å². The zero-order valence-electron chi connectivity index (χ0n) is 9.57. The molecule has 2 aromatic heterocycles. The minimum atomic E-state index is -0.251. The number of nitrogens with zero attached hydrogens (tertiary/aromatic N) is 3. The zero-order chi connectivity index (χ0) is 13.1. The fourth-order valence-electron chi connectivity index (χ4n) is 1.52. The van der Waals surface area contributed by atoms with Crippen molar-refractivity contribution in [2.24, 2.45) is 0 Å². The molecule has 2 heterocycles. The molecule has 0 saturated carbocycles. The van der Waals surface area contributed by atoms with Gasteiger partial charge in [-0.15, -0.1) is 0 Å². The molecule has 0 aliphatic heterocycles. The van der Waals surface area contributed by atoms with Gasteiger partial charge in [-0.25, -0.2) is 0 Å². The van der Waals surface area contributed by atoms with Crippen molar-refractivity contribution in [3.05, 3.63) is 33.3 Å². The van der Waals surface area contributed by atoms with E-state index < -0.39 is 0 Å². The van der Waals surface area contributed by atoms with Crippen LogP contribution in [0.1, 0.15) is 23.1 Å². The van der Waals surface area contributed by atoms with Crippen molar-refractivity contribution < 1.29 is 4.79 Å². The first kappa shape index (κ1) is 13.1. The molecule has 0 aromatic carbocycles. The third-order valence-electron chi connectivity index (χ3n) is 2.43. The number of halogens is 2. The summed E-state index contributed by atoms with van der Waals surface area (Å²) in [5, 5.41) is 13.8. The SMILES string of the molecule is CCn1ncc(Cl)c1CNC(=O)c1[nH]ncc1Br. The molecule has 0 bridgehead atoms. The van der Waals surface area contributed by atoms with Crippen LogP contribution in [0.4, 0.5) is 0 Å². The molecule has 0 aliphatic rings. The largest absolute Gasteiger partial charge is 0.345 e. The Balaban J connectivity index is 2.06. The number of aryl methyl sites for hydroxylation is 1. The lowest BCUT2D eigenvalue weighted by Gasteiger charge is -2.07. The number of rotatable bonds is 4. The van der Waals surface area contributed by atoms with Crippen LogP contribution in [0.3, 0.4) is 0 Å². The number of aromatic amines is 1. The summed E-state index contributed by atoms with van der Waals surface area (Å²) in [6, 6.07) is 0. The van der Waals surface area contributed by atoms with Gasteiger partial charge in [-0.2, -0.15) is 10.2 Å². The summed E-state index contributed by atoms with van der Waals surface area (Å²) in [6.45, 7) is 2.97. The summed E-state index contributed by atoms with van der Waals surface area (Å²) in [5.41, 5.74) is 1.16. The molecule has 1 amide bonds. The Labute approximate surface area is 117 Å². The van der Waals surface area contributed by atoms with Crippen molar-refractivity contribution in [3.63, 3.8) is 0 Å². The van der Waals surface area contributed by atoms with Crippen molar-refractivity contribution in [2.75, 3.05) is 0 Å². The van der Waals surface area contributed by atoms with E-state index in [-0.39, 0.29) is 5.91 Å². The number of hydrogen-bond donors (Lipinski definition) is 2. The van der Waals surface area contributed by atoms with Gasteiger partial charge in [0.05, 0.1) is 34.1 Å². The van der Waals surface area contributed by atoms with E-state index >= 15 is 0 Å². The Morgan fingerprint density at radius 3 is 3.00 bits per heavy atom. The topological polar surface area (TPSA) is 75.6 Å². The van der Waals surface area contributed by atoms with Crippen LogP contribution < -0.4 is 5.32 Å². The average molecular weight is 333 g/mol. The second kappa shape index (κ2) is 5.53. The summed E-state index contributed by atoms with van der Waals surface area (Å²) < 4.78 is 2.36. The quantitative estimate of drug-likeness (QED) is 0.899. The summed E-state index contributed by atoms with van der Waals surface area (Å²) in [5.74, 6) is -0.251. The van der Waals surface area contributed by atoms with E-state index in [2.05, 4.69) is 36.5 Å². The second-order valence-corrected chi connectivity index (χ2v) is 4.79. The van der Waals surface area contributed by atoms with Gasteiger partial charge in [-0.05, 0) is 22.9 Å². The highest BCUT2D eigenvalue weighted by atomic mass is 79.9. The standard InChI is InChI=1S/C10H11BrClN5O/c1-2-17-8(7(12)4-15-17)5-13-10(18)9-6(11)3-14-16-9/h3-4H,2,5H2,1H3,(H,13,18)(H,14,16). The molecule has 0 saturated heterocycles. The second-order valence-electron chi connectivity index (χ2n) is 3.53. The van der Waals surface area contributed by atoms with Crippen LogP contribution in [0.2, 0.25) is 5.02 Å². The Morgan fingerprint density at radius 2 is 2.39 bits per heavy atom. The van der Waals surface area contributed by atoms with Crippen molar-refractivity contribution in [3.8, 4) is 0 Å². The van der Waals surface area contributed by atoms with Gasteiger partial charge in [0.15, 0.2) is 0 Å². The van der Waals surface area contributed by atoms with E-state index in [4.69, 9.17) is 11.6 Å². The lowest BCUT2D eigenvalue weighted by atomic mass is 10.3. The average Bonchev–Trinajstić information content (AvgIpc) is 2.92. The van der Waals surface area contributed by atoms with Gasteiger partial charge < -0.3 is 5.32 Å². The molecule has 0 atom stereocenters. The first-order valence-electron chi connectivity index (χ1n) is 5.30. The molecule has 0 aliphatic carbocycles. The Bertz CT molecular complexity index is 564. The van der Waals surface area contributed by atoms with E-state index in [1.165, 1.54) is 6.20 Å². The third kappa shape index (κ3) is 2.56. The van der Waals surface area contributed by atoms with Crippen LogP contribution in [-0.4, -0.2) is 25.9 Å². The molecule has 2 aromatic rings. The number of H-pyrrole nitrogens is 1. The number of hydrogen-bond acceptors (Lipinski definition) is 3. The normalized spacial score (nSPS) is 10.6. The van der Waals surface area contributed by atoms with Crippen molar-refractivity contribution in [1.82, 2.24) is 25.3 Å². The summed E-state index contributed by atoms with van der Waals surface area (Å²) in [4.78, 5) is 11.8. The monoisotopic (exact) mass is 331 g/mol. The molecule has 0 fully saturated rings. The highest BCUT2D eigenvalue weighted by molar-refractivity contribution is 9.10. The number of aromatic nitrogens is 4. The minimum absolute atomic E-state index is 0.251. The smallest absolute Gasteiger partial charge is 0.270 e. The van der Waals surface area contributed by atoms with Crippen LogP contribution in [0.25, 0.3) is 0 Å². The summed E-state index contributed by atoms with van der Waals surface area (Å²) in [7, 11) is 0. The Hall–Kier alpha value is -1.34. The predicted octanol–water partition coefficient (Wildman–Crippen LogP) is 1.97. The van der Waals surface area contributed by atoms with Gasteiger partial charge >= 0.3 is 0 Å². The molecule has 0 radical (unpaired) electrons. The minimum Gasteiger partial charge on any atom is -0.345 e. The van der Waals surface area contributed by atoms with Crippen molar-refractivity contribution in [2.45, 2.75) is 20.0 Å². The molecule has 2 rings (SSSR count). The van der Waals surface area contributed by atoms with Gasteiger partial charge in [0, 0.05) is 6.54 Å². The van der Waals surface area contributed by atoms with Crippen LogP contribution in [-0.2, 0) is 13.1 Å². The maximum atomic E-state index is 11.8. The molecule has 2 N–H and O–H groups in total. The molecule has 96 valence electrons. The molecular formula is C10H11BrClN5O. The fourth-order valence-corrected chi connectivity index (χ4v) is 2.10. The maximum absolute atomic E-state index is 11.8. The molecular weight excluding hydrogens is 322 g/mol. The number of nitrogens with one attached hydrogen (secondary N) is 2. The summed E-state index contributed by atoms with van der Waals surface area (Å²) in [6.07, 6.45) is 3.09. The van der Waals surface area contributed by atoms with Crippen LogP contribution >= 0.6 is 27.5 Å². The van der Waals surface area contributed by atoms with Gasteiger partial charge in [0.25, 0.3) is 5.91 Å². The van der Waals surface area contributed by atoms with Crippen molar-refractivity contribution >= 4 is 33.4 Å². The number of carbonyl (C=O) groups is 1. The number of carbonyl (C=O) groups excluding carboxylic acids is 1. The van der Waals surface area contributed by atoms with E-state index in [9.17, 15) is 4.79 Å². The number of amides is 1.